The van der Waals surface area contributed by atoms with E-state index in [1.807, 2.05) is 14.0 Å². The van der Waals surface area contributed by atoms with Gasteiger partial charge in [-0.05, 0) is 48.1 Å². The molecule has 4 nitrogen and oxygen atoms in total. The van der Waals surface area contributed by atoms with E-state index in [1.165, 1.54) is 6.07 Å². The molecular formula is C12H13BrFN3O. The quantitative estimate of drug-likeness (QED) is 0.943. The number of aromatic nitrogens is 2. The number of hydrogen-bond acceptors (Lipinski definition) is 4. The molecule has 1 aromatic heterocycles. The minimum Gasteiger partial charge on any atom is -0.334 e. The van der Waals surface area contributed by atoms with E-state index in [0.717, 1.165) is 0 Å². The van der Waals surface area contributed by atoms with Gasteiger partial charge >= 0.3 is 0 Å². The molecule has 1 N–H and O–H groups in total. The first-order valence-electron chi connectivity index (χ1n) is 5.55. The Labute approximate surface area is 113 Å². The highest BCUT2D eigenvalue weighted by Gasteiger charge is 2.12. The van der Waals surface area contributed by atoms with Crippen LogP contribution in [0.15, 0.2) is 27.2 Å². The average molecular weight is 314 g/mol. The minimum atomic E-state index is -0.317. The highest BCUT2D eigenvalue weighted by atomic mass is 79.9. The summed E-state index contributed by atoms with van der Waals surface area (Å²) in [6.07, 6.45) is 0.683. The molecular weight excluding hydrogens is 301 g/mol. The monoisotopic (exact) mass is 313 g/mol. The van der Waals surface area contributed by atoms with E-state index in [-0.39, 0.29) is 11.9 Å². The van der Waals surface area contributed by atoms with Crippen molar-refractivity contribution >= 4 is 15.9 Å². The van der Waals surface area contributed by atoms with E-state index >= 15 is 0 Å². The zero-order valence-corrected chi connectivity index (χ0v) is 11.7. The second-order valence-corrected chi connectivity index (χ2v) is 4.89. The van der Waals surface area contributed by atoms with E-state index in [1.54, 1.807) is 12.1 Å². The standard InChI is InChI=1S/C12H13BrFN3O/c1-7(15-2)5-11-16-12(18-17-11)8-3-4-10(14)9(13)6-8/h3-4,6-7,15H,5H2,1-2H3. The number of hydrogen-bond donors (Lipinski definition) is 1. The predicted octanol–water partition coefficient (Wildman–Crippen LogP) is 2.79. The summed E-state index contributed by atoms with van der Waals surface area (Å²) in [5, 5.41) is 7.00. The van der Waals surface area contributed by atoms with Crippen LogP contribution in [0.4, 0.5) is 4.39 Å². The van der Waals surface area contributed by atoms with Gasteiger partial charge in [-0.1, -0.05) is 5.16 Å². The molecule has 0 radical (unpaired) electrons. The van der Waals surface area contributed by atoms with Gasteiger partial charge < -0.3 is 9.84 Å². The van der Waals surface area contributed by atoms with E-state index < -0.39 is 0 Å². The third kappa shape index (κ3) is 2.94. The van der Waals surface area contributed by atoms with Gasteiger partial charge in [0.1, 0.15) is 5.82 Å². The summed E-state index contributed by atoms with van der Waals surface area (Å²) in [6.45, 7) is 2.03. The Morgan fingerprint density at radius 2 is 2.28 bits per heavy atom. The van der Waals surface area contributed by atoms with Crippen molar-refractivity contribution < 1.29 is 8.91 Å². The number of benzene rings is 1. The van der Waals surface area contributed by atoms with Gasteiger partial charge in [0.15, 0.2) is 5.82 Å². The number of nitrogens with zero attached hydrogens (tertiary/aromatic N) is 2. The Morgan fingerprint density at radius 1 is 1.50 bits per heavy atom. The lowest BCUT2D eigenvalue weighted by Gasteiger charge is -2.04. The molecule has 1 atom stereocenters. The number of halogens is 2. The molecule has 2 aromatic rings. The average Bonchev–Trinajstić information content (AvgIpc) is 2.81. The van der Waals surface area contributed by atoms with Crippen molar-refractivity contribution in [1.29, 1.82) is 0 Å². The van der Waals surface area contributed by atoms with Gasteiger partial charge in [-0.25, -0.2) is 4.39 Å². The molecule has 0 spiro atoms. The van der Waals surface area contributed by atoms with Crippen molar-refractivity contribution in [2.24, 2.45) is 0 Å². The Bertz CT molecular complexity index is 544. The Morgan fingerprint density at radius 3 is 2.94 bits per heavy atom. The van der Waals surface area contributed by atoms with Crippen LogP contribution in [0.2, 0.25) is 0 Å². The van der Waals surface area contributed by atoms with Gasteiger partial charge in [-0.15, -0.1) is 0 Å². The number of likely N-dealkylation sites (N-methyl/N-ethyl adjacent to an activating group) is 1. The van der Waals surface area contributed by atoms with Crippen molar-refractivity contribution in [2.45, 2.75) is 19.4 Å². The summed E-state index contributed by atoms with van der Waals surface area (Å²) in [5.74, 6) is 0.712. The zero-order chi connectivity index (χ0) is 13.1. The van der Waals surface area contributed by atoms with Gasteiger partial charge in [-0.2, -0.15) is 4.98 Å². The first-order valence-corrected chi connectivity index (χ1v) is 6.34. The van der Waals surface area contributed by atoms with Gasteiger partial charge in [0, 0.05) is 18.0 Å². The van der Waals surface area contributed by atoms with Crippen LogP contribution < -0.4 is 5.32 Å². The van der Waals surface area contributed by atoms with Crippen LogP contribution in [-0.4, -0.2) is 23.2 Å². The topological polar surface area (TPSA) is 51.0 Å². The summed E-state index contributed by atoms with van der Waals surface area (Å²) in [5.41, 5.74) is 0.694. The molecule has 18 heavy (non-hydrogen) atoms. The van der Waals surface area contributed by atoms with Crippen LogP contribution in [-0.2, 0) is 6.42 Å². The maximum absolute atomic E-state index is 13.1. The molecule has 1 aromatic carbocycles. The molecule has 0 aliphatic heterocycles. The molecule has 0 aliphatic rings. The Kier molecular flexibility index (Phi) is 4.08. The maximum atomic E-state index is 13.1. The molecule has 0 amide bonds. The normalized spacial score (nSPS) is 12.7. The third-order valence-corrected chi connectivity index (χ3v) is 3.22. The molecule has 0 fully saturated rings. The predicted molar refractivity (Wildman–Crippen MR) is 69.6 cm³/mol. The Balaban J connectivity index is 2.21. The van der Waals surface area contributed by atoms with Gasteiger partial charge in [0.25, 0.3) is 5.89 Å². The van der Waals surface area contributed by atoms with Gasteiger partial charge in [-0.3, -0.25) is 0 Å². The molecule has 0 saturated carbocycles. The summed E-state index contributed by atoms with van der Waals surface area (Å²) < 4.78 is 18.7. The smallest absolute Gasteiger partial charge is 0.257 e. The third-order valence-electron chi connectivity index (χ3n) is 2.62. The fraction of sp³-hybridized carbons (Fsp3) is 0.333. The van der Waals surface area contributed by atoms with Crippen LogP contribution in [0.1, 0.15) is 12.7 Å². The van der Waals surface area contributed by atoms with Crippen LogP contribution in [0.5, 0.6) is 0 Å². The molecule has 96 valence electrons. The van der Waals surface area contributed by atoms with E-state index in [4.69, 9.17) is 4.52 Å². The van der Waals surface area contributed by atoms with Crippen molar-refractivity contribution in [3.8, 4) is 11.5 Å². The van der Waals surface area contributed by atoms with E-state index in [2.05, 4.69) is 31.4 Å². The minimum absolute atomic E-state index is 0.274. The van der Waals surface area contributed by atoms with Gasteiger partial charge in [0.2, 0.25) is 0 Å². The summed E-state index contributed by atoms with van der Waals surface area (Å²) in [4.78, 5) is 4.28. The van der Waals surface area contributed by atoms with Crippen LogP contribution >= 0.6 is 15.9 Å². The second-order valence-electron chi connectivity index (χ2n) is 4.04. The van der Waals surface area contributed by atoms with Crippen molar-refractivity contribution in [2.75, 3.05) is 7.05 Å². The fourth-order valence-electron chi connectivity index (χ4n) is 1.46. The van der Waals surface area contributed by atoms with Crippen LogP contribution in [0.25, 0.3) is 11.5 Å². The summed E-state index contributed by atoms with van der Waals surface area (Å²) >= 11 is 3.13. The lowest BCUT2D eigenvalue weighted by molar-refractivity contribution is 0.418. The lowest BCUT2D eigenvalue weighted by Crippen LogP contribution is -2.24. The molecule has 0 bridgehead atoms. The molecule has 6 heteroatoms. The van der Waals surface area contributed by atoms with E-state index in [0.29, 0.717) is 28.2 Å². The largest absolute Gasteiger partial charge is 0.334 e. The molecule has 0 saturated heterocycles. The molecule has 0 aliphatic carbocycles. The number of rotatable bonds is 4. The SMILES string of the molecule is CNC(C)Cc1noc(-c2ccc(F)c(Br)c2)n1. The summed E-state index contributed by atoms with van der Waals surface area (Å²) in [6, 6.07) is 4.86. The first-order chi connectivity index (χ1) is 8.60. The fourth-order valence-corrected chi connectivity index (χ4v) is 1.84. The first kappa shape index (κ1) is 13.2. The van der Waals surface area contributed by atoms with Crippen molar-refractivity contribution in [1.82, 2.24) is 15.5 Å². The Hall–Kier alpha value is -1.27. The highest BCUT2D eigenvalue weighted by molar-refractivity contribution is 9.10. The molecule has 1 unspecified atom stereocenters. The van der Waals surface area contributed by atoms with Crippen molar-refractivity contribution in [3.05, 3.63) is 34.3 Å². The van der Waals surface area contributed by atoms with Gasteiger partial charge in [0.05, 0.1) is 4.47 Å². The number of nitrogens with one attached hydrogen (secondary N) is 1. The zero-order valence-electron chi connectivity index (χ0n) is 10.1. The van der Waals surface area contributed by atoms with Crippen LogP contribution in [0.3, 0.4) is 0 Å². The van der Waals surface area contributed by atoms with Crippen LogP contribution in [0, 0.1) is 5.82 Å². The van der Waals surface area contributed by atoms with E-state index in [9.17, 15) is 4.39 Å². The molecule has 1 heterocycles. The summed E-state index contributed by atoms with van der Waals surface area (Å²) in [7, 11) is 1.88. The second kappa shape index (κ2) is 5.58. The lowest BCUT2D eigenvalue weighted by atomic mass is 10.2. The molecule has 2 rings (SSSR count). The van der Waals surface area contributed by atoms with Crippen molar-refractivity contribution in [3.63, 3.8) is 0 Å². The maximum Gasteiger partial charge on any atom is 0.257 e. The highest BCUT2D eigenvalue weighted by Crippen LogP contribution is 2.24.